The Kier molecular flexibility index (Phi) is 5.07. The van der Waals surface area contributed by atoms with Crippen molar-refractivity contribution in [3.63, 3.8) is 0 Å². The molecule has 0 spiro atoms. The number of aryl methyl sites for hydroxylation is 1. The first-order valence-electron chi connectivity index (χ1n) is 5.18. The summed E-state index contributed by atoms with van der Waals surface area (Å²) in [7, 11) is 1.67. The molecule has 0 aliphatic heterocycles. The van der Waals surface area contributed by atoms with Crippen LogP contribution in [-0.2, 0) is 6.54 Å². The molecule has 1 heterocycles. The highest BCUT2D eigenvalue weighted by molar-refractivity contribution is 5.26. The van der Waals surface area contributed by atoms with Gasteiger partial charge in [0.05, 0.1) is 12.8 Å². The van der Waals surface area contributed by atoms with Gasteiger partial charge >= 0.3 is 0 Å². The summed E-state index contributed by atoms with van der Waals surface area (Å²) >= 11 is 0. The highest BCUT2D eigenvalue weighted by atomic mass is 16.5. The van der Waals surface area contributed by atoms with Crippen molar-refractivity contribution < 1.29 is 4.74 Å². The van der Waals surface area contributed by atoms with Gasteiger partial charge in [0, 0.05) is 24.4 Å². The van der Waals surface area contributed by atoms with Gasteiger partial charge < -0.3 is 15.8 Å². The summed E-state index contributed by atoms with van der Waals surface area (Å²) in [5, 5.41) is 3.28. The number of hydrogen-bond acceptors (Lipinski definition) is 4. The fourth-order valence-corrected chi connectivity index (χ4v) is 1.35. The lowest BCUT2D eigenvalue weighted by molar-refractivity contribution is 0.412. The molecule has 0 saturated carbocycles. The predicted molar refractivity (Wildman–Crippen MR) is 60.9 cm³/mol. The number of hydrogen-bond donors (Lipinski definition) is 2. The number of methoxy groups -OCH3 is 1. The van der Waals surface area contributed by atoms with E-state index in [0.717, 1.165) is 43.2 Å². The number of nitrogens with one attached hydrogen (secondary N) is 1. The van der Waals surface area contributed by atoms with E-state index in [0.29, 0.717) is 0 Å². The van der Waals surface area contributed by atoms with E-state index in [1.807, 2.05) is 19.1 Å². The van der Waals surface area contributed by atoms with Gasteiger partial charge in [0.2, 0.25) is 0 Å². The van der Waals surface area contributed by atoms with Crippen LogP contribution >= 0.6 is 0 Å². The molecule has 1 aromatic heterocycles. The molecule has 15 heavy (non-hydrogen) atoms. The number of ether oxygens (including phenoxy) is 1. The van der Waals surface area contributed by atoms with E-state index in [9.17, 15) is 0 Å². The number of pyridine rings is 1. The molecule has 3 N–H and O–H groups in total. The van der Waals surface area contributed by atoms with Crippen LogP contribution in [0.15, 0.2) is 12.1 Å². The number of rotatable bonds is 6. The van der Waals surface area contributed by atoms with E-state index < -0.39 is 0 Å². The van der Waals surface area contributed by atoms with Crippen molar-refractivity contribution in [1.29, 1.82) is 0 Å². The molecule has 0 aliphatic rings. The van der Waals surface area contributed by atoms with Crippen LogP contribution in [0.25, 0.3) is 0 Å². The Morgan fingerprint density at radius 1 is 1.47 bits per heavy atom. The molecule has 4 nitrogen and oxygen atoms in total. The molecule has 0 unspecified atom stereocenters. The van der Waals surface area contributed by atoms with Crippen molar-refractivity contribution in [2.45, 2.75) is 19.9 Å². The number of nitrogens with two attached hydrogens (primary N) is 1. The van der Waals surface area contributed by atoms with Crippen molar-refractivity contribution >= 4 is 0 Å². The fraction of sp³-hybridized carbons (Fsp3) is 0.545. The summed E-state index contributed by atoms with van der Waals surface area (Å²) in [6.45, 7) is 4.37. The van der Waals surface area contributed by atoms with E-state index >= 15 is 0 Å². The minimum absolute atomic E-state index is 0.720. The second kappa shape index (κ2) is 6.37. The Bertz CT molecular complexity index is 302. The summed E-state index contributed by atoms with van der Waals surface area (Å²) < 4.78 is 5.18. The van der Waals surface area contributed by atoms with Crippen molar-refractivity contribution in [2.24, 2.45) is 5.73 Å². The van der Waals surface area contributed by atoms with Crippen LogP contribution in [0.4, 0.5) is 0 Å². The largest absolute Gasteiger partial charge is 0.497 e. The molecule has 1 aromatic rings. The average Bonchev–Trinajstić information content (AvgIpc) is 2.23. The smallest absolute Gasteiger partial charge is 0.122 e. The topological polar surface area (TPSA) is 60.2 Å². The van der Waals surface area contributed by atoms with Crippen molar-refractivity contribution in [3.8, 4) is 5.75 Å². The van der Waals surface area contributed by atoms with Gasteiger partial charge in [-0.3, -0.25) is 4.98 Å². The molecule has 1 rings (SSSR count). The molecule has 0 aromatic carbocycles. The maximum Gasteiger partial charge on any atom is 0.122 e. The van der Waals surface area contributed by atoms with Crippen LogP contribution in [0.3, 0.4) is 0 Å². The van der Waals surface area contributed by atoms with E-state index in [1.54, 1.807) is 7.11 Å². The summed E-state index contributed by atoms with van der Waals surface area (Å²) in [4.78, 5) is 4.41. The molecule has 0 atom stereocenters. The van der Waals surface area contributed by atoms with E-state index in [4.69, 9.17) is 10.5 Å². The first kappa shape index (κ1) is 11.9. The Morgan fingerprint density at radius 2 is 2.27 bits per heavy atom. The lowest BCUT2D eigenvalue weighted by atomic mass is 10.3. The summed E-state index contributed by atoms with van der Waals surface area (Å²) in [6, 6.07) is 3.87. The van der Waals surface area contributed by atoms with Gasteiger partial charge in [-0.1, -0.05) is 0 Å². The molecular weight excluding hydrogens is 190 g/mol. The zero-order chi connectivity index (χ0) is 11.1. The Labute approximate surface area is 90.8 Å². The fourth-order valence-electron chi connectivity index (χ4n) is 1.35. The normalized spacial score (nSPS) is 10.3. The van der Waals surface area contributed by atoms with Gasteiger partial charge in [0.25, 0.3) is 0 Å². The standard InChI is InChI=1S/C11H19N3O/c1-9-6-11(15-2)7-10(14-9)8-13-5-3-4-12/h6-7,13H,3-5,8,12H2,1-2H3. The molecule has 0 bridgehead atoms. The lowest BCUT2D eigenvalue weighted by Crippen LogP contribution is -2.18. The zero-order valence-electron chi connectivity index (χ0n) is 9.42. The molecule has 0 radical (unpaired) electrons. The molecule has 84 valence electrons. The Morgan fingerprint density at radius 3 is 2.93 bits per heavy atom. The molecule has 0 amide bonds. The highest BCUT2D eigenvalue weighted by Gasteiger charge is 1.99. The first-order chi connectivity index (χ1) is 7.26. The summed E-state index contributed by atoms with van der Waals surface area (Å²) in [6.07, 6.45) is 0.989. The second-order valence-electron chi connectivity index (χ2n) is 3.46. The minimum Gasteiger partial charge on any atom is -0.497 e. The SMILES string of the molecule is COc1cc(C)nc(CNCCCN)c1. The molecule has 0 aliphatic carbocycles. The van der Waals surface area contributed by atoms with Gasteiger partial charge in [0.1, 0.15) is 5.75 Å². The highest BCUT2D eigenvalue weighted by Crippen LogP contribution is 2.12. The third kappa shape index (κ3) is 4.27. The summed E-state index contributed by atoms with van der Waals surface area (Å²) in [5.74, 6) is 0.859. The third-order valence-corrected chi connectivity index (χ3v) is 2.08. The van der Waals surface area contributed by atoms with Crippen LogP contribution < -0.4 is 15.8 Å². The monoisotopic (exact) mass is 209 g/mol. The minimum atomic E-state index is 0.720. The van der Waals surface area contributed by atoms with Gasteiger partial charge in [-0.2, -0.15) is 0 Å². The zero-order valence-corrected chi connectivity index (χ0v) is 9.42. The van der Waals surface area contributed by atoms with Crippen molar-refractivity contribution in [1.82, 2.24) is 10.3 Å². The molecule has 0 fully saturated rings. The summed E-state index contributed by atoms with van der Waals surface area (Å²) in [5.41, 5.74) is 7.38. The van der Waals surface area contributed by atoms with Crippen molar-refractivity contribution in [3.05, 3.63) is 23.5 Å². The van der Waals surface area contributed by atoms with Crippen LogP contribution in [0.5, 0.6) is 5.75 Å². The molecule has 0 saturated heterocycles. The van der Waals surface area contributed by atoms with Crippen LogP contribution in [-0.4, -0.2) is 25.2 Å². The van der Waals surface area contributed by atoms with Gasteiger partial charge in [0.15, 0.2) is 0 Å². The lowest BCUT2D eigenvalue weighted by Gasteiger charge is -2.07. The number of nitrogens with zero attached hydrogens (tertiary/aromatic N) is 1. The maximum atomic E-state index is 5.40. The molecular formula is C11H19N3O. The molecule has 4 heteroatoms. The predicted octanol–water partition coefficient (Wildman–Crippen LogP) is 0.837. The number of aromatic nitrogens is 1. The quantitative estimate of drug-likeness (QED) is 0.681. The van der Waals surface area contributed by atoms with Gasteiger partial charge in [-0.15, -0.1) is 0 Å². The van der Waals surface area contributed by atoms with E-state index in [-0.39, 0.29) is 0 Å². The average molecular weight is 209 g/mol. The van der Waals surface area contributed by atoms with Crippen molar-refractivity contribution in [2.75, 3.05) is 20.2 Å². The maximum absolute atomic E-state index is 5.40. The van der Waals surface area contributed by atoms with Gasteiger partial charge in [-0.05, 0) is 26.4 Å². The second-order valence-corrected chi connectivity index (χ2v) is 3.46. The Hall–Kier alpha value is -1.13. The van der Waals surface area contributed by atoms with Crippen LogP contribution in [0.2, 0.25) is 0 Å². The van der Waals surface area contributed by atoms with Gasteiger partial charge in [-0.25, -0.2) is 0 Å². The van der Waals surface area contributed by atoms with Crippen LogP contribution in [0, 0.1) is 6.92 Å². The third-order valence-electron chi connectivity index (χ3n) is 2.08. The van der Waals surface area contributed by atoms with E-state index in [2.05, 4.69) is 10.3 Å². The first-order valence-corrected chi connectivity index (χ1v) is 5.18. The Balaban J connectivity index is 2.49. The van der Waals surface area contributed by atoms with E-state index in [1.165, 1.54) is 0 Å². The van der Waals surface area contributed by atoms with Crippen LogP contribution in [0.1, 0.15) is 17.8 Å².